The minimum atomic E-state index is -1.67. The molecule has 0 aliphatic carbocycles. The van der Waals surface area contributed by atoms with Gasteiger partial charge in [0.25, 0.3) is 0 Å². The molecule has 1 aromatic carbocycles. The van der Waals surface area contributed by atoms with Crippen LogP contribution in [-0.2, 0) is 4.43 Å². The Balaban J connectivity index is 2.36. The summed E-state index contributed by atoms with van der Waals surface area (Å²) in [6.07, 6.45) is 1.75. The second kappa shape index (κ2) is 5.61. The van der Waals surface area contributed by atoms with E-state index >= 15 is 0 Å². The molecule has 0 spiro atoms. The SMILES string of the molecule is CC(C)(C)C#CC1C=C(O[Si](C)(C)C)c2ccccc2O1. The van der Waals surface area contributed by atoms with Gasteiger partial charge in [-0.25, -0.2) is 0 Å². The average molecular weight is 300 g/mol. The number of fused-ring (bicyclic) bond motifs is 1. The minimum Gasteiger partial charge on any atom is -0.544 e. The van der Waals surface area contributed by atoms with E-state index in [2.05, 4.69) is 52.3 Å². The van der Waals surface area contributed by atoms with Crippen molar-refractivity contribution in [2.45, 2.75) is 46.5 Å². The lowest BCUT2D eigenvalue weighted by molar-refractivity contribution is 0.291. The summed E-state index contributed by atoms with van der Waals surface area (Å²) in [4.78, 5) is 0. The third-order valence-corrected chi connectivity index (χ3v) is 3.55. The highest BCUT2D eigenvalue weighted by Crippen LogP contribution is 2.34. The van der Waals surface area contributed by atoms with E-state index in [9.17, 15) is 0 Å². The van der Waals surface area contributed by atoms with Crippen molar-refractivity contribution >= 4 is 14.1 Å². The highest BCUT2D eigenvalue weighted by molar-refractivity contribution is 6.70. The highest BCUT2D eigenvalue weighted by Gasteiger charge is 2.25. The van der Waals surface area contributed by atoms with Crippen LogP contribution in [0.15, 0.2) is 30.3 Å². The van der Waals surface area contributed by atoms with Crippen LogP contribution in [0.5, 0.6) is 5.75 Å². The number of benzene rings is 1. The maximum absolute atomic E-state index is 6.22. The van der Waals surface area contributed by atoms with Crippen LogP contribution in [0.2, 0.25) is 19.6 Å². The smallest absolute Gasteiger partial charge is 0.242 e. The normalized spacial score (nSPS) is 17.8. The molecule has 1 atom stereocenters. The van der Waals surface area contributed by atoms with E-state index in [4.69, 9.17) is 9.16 Å². The van der Waals surface area contributed by atoms with Crippen molar-refractivity contribution < 1.29 is 9.16 Å². The van der Waals surface area contributed by atoms with E-state index in [1.165, 1.54) is 0 Å². The molecule has 1 aliphatic rings. The van der Waals surface area contributed by atoms with Gasteiger partial charge in [0, 0.05) is 11.5 Å². The maximum atomic E-state index is 6.22. The first-order chi connectivity index (χ1) is 9.64. The quantitative estimate of drug-likeness (QED) is 0.583. The Bertz CT molecular complexity index is 607. The molecular formula is C18H24O2Si. The zero-order valence-corrected chi connectivity index (χ0v) is 14.8. The molecular weight excluding hydrogens is 276 g/mol. The molecule has 0 bridgehead atoms. The van der Waals surface area contributed by atoms with E-state index in [0.29, 0.717) is 0 Å². The largest absolute Gasteiger partial charge is 0.544 e. The standard InChI is InChI=1S/C18H24O2Si/c1-18(2,3)12-11-14-13-17(20-21(4,5)6)15-9-7-8-10-16(15)19-14/h7-10,13-14H,1-6H3. The first-order valence-corrected chi connectivity index (χ1v) is 10.7. The third-order valence-electron chi connectivity index (χ3n) is 2.71. The van der Waals surface area contributed by atoms with Crippen molar-refractivity contribution in [1.29, 1.82) is 0 Å². The topological polar surface area (TPSA) is 18.5 Å². The average Bonchev–Trinajstić information content (AvgIpc) is 2.34. The van der Waals surface area contributed by atoms with Gasteiger partial charge >= 0.3 is 0 Å². The lowest BCUT2D eigenvalue weighted by Gasteiger charge is -2.28. The van der Waals surface area contributed by atoms with Crippen LogP contribution >= 0.6 is 0 Å². The molecule has 1 heterocycles. The molecule has 2 nitrogen and oxygen atoms in total. The number of hydrogen-bond acceptors (Lipinski definition) is 2. The molecule has 0 saturated heterocycles. The molecule has 0 amide bonds. The number of hydrogen-bond donors (Lipinski definition) is 0. The molecule has 0 N–H and O–H groups in total. The van der Waals surface area contributed by atoms with E-state index in [0.717, 1.165) is 17.1 Å². The van der Waals surface area contributed by atoms with Crippen LogP contribution in [0.25, 0.3) is 5.76 Å². The highest BCUT2D eigenvalue weighted by atomic mass is 28.4. The Morgan fingerprint density at radius 3 is 2.43 bits per heavy atom. The van der Waals surface area contributed by atoms with Crippen LogP contribution < -0.4 is 4.74 Å². The Labute approximate surface area is 129 Å². The van der Waals surface area contributed by atoms with Crippen LogP contribution in [0, 0.1) is 17.3 Å². The lowest BCUT2D eigenvalue weighted by atomic mass is 9.97. The molecule has 1 unspecified atom stereocenters. The fourth-order valence-electron chi connectivity index (χ4n) is 1.95. The van der Waals surface area contributed by atoms with Gasteiger partial charge in [-0.15, -0.1) is 0 Å². The van der Waals surface area contributed by atoms with Crippen LogP contribution in [0.4, 0.5) is 0 Å². The van der Waals surface area contributed by atoms with Crippen molar-refractivity contribution in [2.24, 2.45) is 5.41 Å². The molecule has 112 valence electrons. The Morgan fingerprint density at radius 2 is 1.81 bits per heavy atom. The summed E-state index contributed by atoms with van der Waals surface area (Å²) in [5, 5.41) is 0. The Hall–Kier alpha value is -1.66. The van der Waals surface area contributed by atoms with Crippen molar-refractivity contribution in [3.05, 3.63) is 35.9 Å². The van der Waals surface area contributed by atoms with Gasteiger partial charge in [-0.1, -0.05) is 24.0 Å². The van der Waals surface area contributed by atoms with Gasteiger partial charge in [-0.3, -0.25) is 0 Å². The van der Waals surface area contributed by atoms with Gasteiger partial charge in [0.1, 0.15) is 11.5 Å². The molecule has 0 radical (unpaired) electrons. The van der Waals surface area contributed by atoms with E-state index < -0.39 is 8.32 Å². The molecule has 1 aromatic rings. The van der Waals surface area contributed by atoms with E-state index in [-0.39, 0.29) is 11.5 Å². The van der Waals surface area contributed by atoms with Gasteiger partial charge in [0.05, 0.1) is 5.56 Å². The third kappa shape index (κ3) is 4.68. The van der Waals surface area contributed by atoms with Gasteiger partial charge in [0.2, 0.25) is 8.32 Å². The van der Waals surface area contributed by atoms with Crippen LogP contribution in [-0.4, -0.2) is 14.4 Å². The van der Waals surface area contributed by atoms with Crippen LogP contribution in [0.1, 0.15) is 26.3 Å². The first-order valence-electron chi connectivity index (χ1n) is 7.34. The zero-order chi connectivity index (χ0) is 15.7. The molecule has 0 aromatic heterocycles. The Morgan fingerprint density at radius 1 is 1.14 bits per heavy atom. The fraction of sp³-hybridized carbons (Fsp3) is 0.444. The van der Waals surface area contributed by atoms with Gasteiger partial charge in [-0.05, 0) is 52.5 Å². The summed E-state index contributed by atoms with van der Waals surface area (Å²) in [6, 6.07) is 7.99. The lowest BCUT2D eigenvalue weighted by Crippen LogP contribution is -2.27. The van der Waals surface area contributed by atoms with E-state index in [1.54, 1.807) is 0 Å². The first kappa shape index (κ1) is 15.7. The molecule has 1 aliphatic heterocycles. The molecule has 2 rings (SSSR count). The summed E-state index contributed by atoms with van der Waals surface area (Å²) in [5.41, 5.74) is 0.988. The van der Waals surface area contributed by atoms with Crippen molar-refractivity contribution in [3.63, 3.8) is 0 Å². The second-order valence-corrected chi connectivity index (χ2v) is 11.7. The monoisotopic (exact) mass is 300 g/mol. The van der Waals surface area contributed by atoms with Crippen molar-refractivity contribution in [3.8, 4) is 17.6 Å². The van der Waals surface area contributed by atoms with Crippen LogP contribution in [0.3, 0.4) is 0 Å². The Kier molecular flexibility index (Phi) is 4.20. The maximum Gasteiger partial charge on any atom is 0.242 e. The summed E-state index contributed by atoms with van der Waals surface area (Å²) in [6.45, 7) is 12.8. The number of ether oxygens (including phenoxy) is 1. The molecule has 21 heavy (non-hydrogen) atoms. The summed E-state index contributed by atoms with van der Waals surface area (Å²) in [7, 11) is -1.67. The predicted molar refractivity (Wildman–Crippen MR) is 90.5 cm³/mol. The second-order valence-electron chi connectivity index (χ2n) is 7.30. The zero-order valence-electron chi connectivity index (χ0n) is 13.8. The summed E-state index contributed by atoms with van der Waals surface area (Å²) in [5.74, 6) is 8.20. The van der Waals surface area contributed by atoms with Gasteiger partial charge in [0.15, 0.2) is 6.10 Å². The van der Waals surface area contributed by atoms with Crippen molar-refractivity contribution in [1.82, 2.24) is 0 Å². The summed E-state index contributed by atoms with van der Waals surface area (Å²) < 4.78 is 12.2. The fourth-order valence-corrected chi connectivity index (χ4v) is 2.79. The summed E-state index contributed by atoms with van der Waals surface area (Å²) >= 11 is 0. The van der Waals surface area contributed by atoms with E-state index in [1.807, 2.05) is 30.3 Å². The minimum absolute atomic E-state index is 0.0338. The van der Waals surface area contributed by atoms with Gasteiger partial charge < -0.3 is 9.16 Å². The molecule has 3 heteroatoms. The van der Waals surface area contributed by atoms with Crippen molar-refractivity contribution in [2.75, 3.05) is 0 Å². The number of para-hydroxylation sites is 1. The molecule has 0 saturated carbocycles. The molecule has 0 fully saturated rings. The van der Waals surface area contributed by atoms with Gasteiger partial charge in [-0.2, -0.15) is 0 Å². The number of rotatable bonds is 2. The predicted octanol–water partition coefficient (Wildman–Crippen LogP) is 4.69.